The molecule has 0 bridgehead atoms. The van der Waals surface area contributed by atoms with E-state index in [0.29, 0.717) is 22.4 Å². The second-order valence-electron chi connectivity index (χ2n) is 6.48. The van der Waals surface area contributed by atoms with Crippen molar-refractivity contribution in [1.82, 2.24) is 4.73 Å². The molecule has 1 aromatic carbocycles. The van der Waals surface area contributed by atoms with Crippen LogP contribution in [-0.2, 0) is 9.59 Å². The number of anilines is 1. The SMILES string of the molecule is CCCCCCCC(=O)C(C(=O)On1c(O)ccc1O)c1ccc(N)cc1. The average Bonchev–Trinajstić information content (AvgIpc) is 2.95. The van der Waals surface area contributed by atoms with Crippen LogP contribution in [-0.4, -0.2) is 26.7 Å². The lowest BCUT2D eigenvalue weighted by Gasteiger charge is -2.16. The monoisotopic (exact) mass is 374 g/mol. The van der Waals surface area contributed by atoms with Crippen LogP contribution in [0.3, 0.4) is 0 Å². The molecule has 27 heavy (non-hydrogen) atoms. The minimum Gasteiger partial charge on any atom is -0.492 e. The highest BCUT2D eigenvalue weighted by atomic mass is 16.7. The summed E-state index contributed by atoms with van der Waals surface area (Å²) in [6.45, 7) is 2.12. The van der Waals surface area contributed by atoms with Gasteiger partial charge in [0.25, 0.3) is 0 Å². The van der Waals surface area contributed by atoms with Gasteiger partial charge in [-0.1, -0.05) is 44.7 Å². The molecule has 146 valence electrons. The van der Waals surface area contributed by atoms with Crippen molar-refractivity contribution >= 4 is 17.4 Å². The van der Waals surface area contributed by atoms with E-state index in [0.717, 1.165) is 25.7 Å². The number of Topliss-reactive ketones (excluding diaryl/α,β-unsaturated/α-hetero) is 1. The molecule has 0 fully saturated rings. The first-order chi connectivity index (χ1) is 12.9. The van der Waals surface area contributed by atoms with Crippen LogP contribution in [0.4, 0.5) is 5.69 Å². The van der Waals surface area contributed by atoms with Crippen LogP contribution in [0.1, 0.15) is 56.9 Å². The van der Waals surface area contributed by atoms with Crippen molar-refractivity contribution in [2.75, 3.05) is 5.73 Å². The molecule has 0 spiro atoms. The Kier molecular flexibility index (Phi) is 7.28. The first-order valence-corrected chi connectivity index (χ1v) is 9.14. The number of aromatic nitrogens is 1. The number of aromatic hydroxyl groups is 2. The molecular formula is C20H26N2O5. The Hall–Kier alpha value is -2.96. The number of ketones is 1. The average molecular weight is 374 g/mol. The van der Waals surface area contributed by atoms with Crippen molar-refractivity contribution in [3.8, 4) is 11.8 Å². The van der Waals surface area contributed by atoms with E-state index in [1.807, 2.05) is 0 Å². The van der Waals surface area contributed by atoms with E-state index in [1.165, 1.54) is 12.1 Å². The van der Waals surface area contributed by atoms with Crippen molar-refractivity contribution in [2.45, 2.75) is 51.4 Å². The van der Waals surface area contributed by atoms with Crippen LogP contribution in [0.5, 0.6) is 11.8 Å². The van der Waals surface area contributed by atoms with E-state index in [1.54, 1.807) is 24.3 Å². The molecule has 0 saturated carbocycles. The quantitative estimate of drug-likeness (QED) is 0.334. The largest absolute Gasteiger partial charge is 0.492 e. The number of nitrogens with zero attached hydrogens (tertiary/aromatic N) is 1. The summed E-state index contributed by atoms with van der Waals surface area (Å²) in [7, 11) is 0. The number of nitrogen functional groups attached to an aromatic ring is 1. The molecule has 0 amide bonds. The van der Waals surface area contributed by atoms with Crippen molar-refractivity contribution in [3.63, 3.8) is 0 Å². The Morgan fingerprint density at radius 2 is 1.59 bits per heavy atom. The minimum absolute atomic E-state index is 0.248. The fourth-order valence-corrected chi connectivity index (χ4v) is 2.83. The molecule has 1 heterocycles. The Bertz CT molecular complexity index is 748. The van der Waals surface area contributed by atoms with Gasteiger partial charge in [0.15, 0.2) is 5.78 Å². The van der Waals surface area contributed by atoms with Crippen molar-refractivity contribution in [3.05, 3.63) is 42.0 Å². The number of hydrogen-bond donors (Lipinski definition) is 3. The highest BCUT2D eigenvalue weighted by Crippen LogP contribution is 2.25. The van der Waals surface area contributed by atoms with Gasteiger partial charge in [-0.25, -0.2) is 4.79 Å². The molecule has 0 saturated heterocycles. The lowest BCUT2D eigenvalue weighted by molar-refractivity contribution is -0.150. The van der Waals surface area contributed by atoms with Crippen LogP contribution < -0.4 is 10.6 Å². The number of carbonyl (C=O) groups is 2. The van der Waals surface area contributed by atoms with Crippen LogP contribution >= 0.6 is 0 Å². The maximum Gasteiger partial charge on any atom is 0.348 e. The molecule has 2 rings (SSSR count). The molecule has 1 aromatic heterocycles. The molecule has 4 N–H and O–H groups in total. The molecule has 0 aliphatic rings. The Morgan fingerprint density at radius 3 is 2.19 bits per heavy atom. The van der Waals surface area contributed by atoms with Crippen molar-refractivity contribution in [1.29, 1.82) is 0 Å². The van der Waals surface area contributed by atoms with Gasteiger partial charge >= 0.3 is 5.97 Å². The summed E-state index contributed by atoms with van der Waals surface area (Å²) in [6, 6.07) is 8.77. The topological polar surface area (TPSA) is 115 Å². The molecule has 1 atom stereocenters. The number of carbonyl (C=O) groups excluding carboxylic acids is 2. The highest BCUT2D eigenvalue weighted by molar-refractivity contribution is 6.04. The third-order valence-electron chi connectivity index (χ3n) is 4.33. The molecule has 7 nitrogen and oxygen atoms in total. The summed E-state index contributed by atoms with van der Waals surface area (Å²) in [6.07, 6.45) is 5.13. The summed E-state index contributed by atoms with van der Waals surface area (Å²) in [5, 5.41) is 19.3. The summed E-state index contributed by atoms with van der Waals surface area (Å²) in [5.41, 5.74) is 6.65. The zero-order chi connectivity index (χ0) is 19.8. The molecule has 2 aromatic rings. The van der Waals surface area contributed by atoms with Crippen molar-refractivity contribution < 1.29 is 24.6 Å². The van der Waals surface area contributed by atoms with E-state index >= 15 is 0 Å². The van der Waals surface area contributed by atoms with Crippen LogP contribution in [0.25, 0.3) is 0 Å². The fraction of sp³-hybridized carbons (Fsp3) is 0.400. The number of benzene rings is 1. The molecule has 7 heteroatoms. The predicted molar refractivity (Wildman–Crippen MR) is 101 cm³/mol. The number of hydrogen-bond acceptors (Lipinski definition) is 6. The predicted octanol–water partition coefficient (Wildman–Crippen LogP) is 3.15. The number of nitrogens with two attached hydrogens (primary N) is 1. The third-order valence-corrected chi connectivity index (χ3v) is 4.33. The zero-order valence-corrected chi connectivity index (χ0v) is 15.4. The van der Waals surface area contributed by atoms with Gasteiger partial charge in [0.05, 0.1) is 0 Å². The lowest BCUT2D eigenvalue weighted by atomic mass is 9.91. The van der Waals surface area contributed by atoms with E-state index in [2.05, 4.69) is 6.92 Å². The molecule has 1 unspecified atom stereocenters. The summed E-state index contributed by atoms with van der Waals surface area (Å²) < 4.78 is 0.584. The molecule has 0 radical (unpaired) electrons. The summed E-state index contributed by atoms with van der Waals surface area (Å²) in [4.78, 5) is 30.4. The number of rotatable bonds is 10. The van der Waals surface area contributed by atoms with Gasteiger partial charge in [0, 0.05) is 24.2 Å². The van der Waals surface area contributed by atoms with Gasteiger partial charge in [-0.15, -0.1) is 4.73 Å². The van der Waals surface area contributed by atoms with Gasteiger partial charge in [0.2, 0.25) is 11.8 Å². The van der Waals surface area contributed by atoms with Gasteiger partial charge in [0.1, 0.15) is 5.92 Å². The van der Waals surface area contributed by atoms with Crippen LogP contribution in [0.2, 0.25) is 0 Å². The fourth-order valence-electron chi connectivity index (χ4n) is 2.83. The van der Waals surface area contributed by atoms with E-state index in [4.69, 9.17) is 10.6 Å². The normalized spacial score (nSPS) is 11.9. The second-order valence-corrected chi connectivity index (χ2v) is 6.48. The minimum atomic E-state index is -1.15. The third kappa shape index (κ3) is 5.51. The second kappa shape index (κ2) is 9.66. The maximum absolute atomic E-state index is 12.7. The standard InChI is InChI=1S/C20H26N2O5/c1-2-3-4-5-6-7-16(23)19(14-8-10-15(21)11-9-14)20(26)27-22-17(24)12-13-18(22)25/h8-13,19,24-25H,2-7,21H2,1H3. The van der Waals surface area contributed by atoms with E-state index in [9.17, 15) is 19.8 Å². The van der Waals surface area contributed by atoms with Crippen LogP contribution in [0.15, 0.2) is 36.4 Å². The lowest BCUT2D eigenvalue weighted by Crippen LogP contribution is -2.30. The maximum atomic E-state index is 12.7. The Labute approximate surface area is 158 Å². The molecule has 0 aliphatic carbocycles. The molecular weight excluding hydrogens is 348 g/mol. The zero-order valence-electron chi connectivity index (χ0n) is 15.4. The summed E-state index contributed by atoms with van der Waals surface area (Å²) in [5.74, 6) is -3.18. The van der Waals surface area contributed by atoms with Crippen molar-refractivity contribution in [2.24, 2.45) is 0 Å². The Morgan fingerprint density at radius 1 is 1.00 bits per heavy atom. The van der Waals surface area contributed by atoms with E-state index < -0.39 is 23.6 Å². The van der Waals surface area contributed by atoms with Crippen LogP contribution in [0, 0.1) is 0 Å². The molecule has 0 aliphatic heterocycles. The van der Waals surface area contributed by atoms with E-state index in [-0.39, 0.29) is 12.2 Å². The van der Waals surface area contributed by atoms with Gasteiger partial charge < -0.3 is 20.8 Å². The van der Waals surface area contributed by atoms with Gasteiger partial charge in [-0.3, -0.25) is 4.79 Å². The van der Waals surface area contributed by atoms with Gasteiger partial charge in [-0.05, 0) is 24.1 Å². The summed E-state index contributed by atoms with van der Waals surface area (Å²) >= 11 is 0. The Balaban J connectivity index is 2.15. The number of unbranched alkanes of at least 4 members (excludes halogenated alkanes) is 4. The highest BCUT2D eigenvalue weighted by Gasteiger charge is 2.31. The first kappa shape index (κ1) is 20.4. The smallest absolute Gasteiger partial charge is 0.348 e. The first-order valence-electron chi connectivity index (χ1n) is 9.14. The van der Waals surface area contributed by atoms with Gasteiger partial charge in [-0.2, -0.15) is 0 Å².